The van der Waals surface area contributed by atoms with Gasteiger partial charge in [-0.2, -0.15) is 0 Å². The molecule has 8 aromatic carbocycles. The summed E-state index contributed by atoms with van der Waals surface area (Å²) in [5.41, 5.74) is 13.1. The van der Waals surface area contributed by atoms with Gasteiger partial charge in [-0.05, 0) is 17.7 Å². The van der Waals surface area contributed by atoms with E-state index in [0.717, 1.165) is 76.4 Å². The minimum absolute atomic E-state index is 0.00440. The van der Waals surface area contributed by atoms with E-state index in [1.807, 2.05) is 121 Å². The van der Waals surface area contributed by atoms with Crippen LogP contribution in [0.3, 0.4) is 0 Å². The van der Waals surface area contributed by atoms with Crippen LogP contribution in [0.25, 0.3) is 66.9 Å². The van der Waals surface area contributed by atoms with Crippen molar-refractivity contribution in [3.05, 3.63) is 208 Å². The second kappa shape index (κ2) is 15.3. The number of nitrogens with zero attached hydrogens (tertiary/aromatic N) is 5. The zero-order valence-electron chi connectivity index (χ0n) is 46.2. The van der Waals surface area contributed by atoms with E-state index < -0.39 is 20.7 Å². The normalized spacial score (nSPS) is 15.4. The molecule has 5 heterocycles. The molecular formula is C60H46BN5OPt. The zero-order valence-corrected chi connectivity index (χ0v) is 39.5. The Balaban J connectivity index is 1.01. The van der Waals surface area contributed by atoms with Gasteiger partial charge in [0, 0.05) is 11.3 Å². The molecule has 13 rings (SSSR count). The molecule has 3 aliphatic heterocycles. The van der Waals surface area contributed by atoms with E-state index in [1.54, 1.807) is 36.4 Å². The van der Waals surface area contributed by atoms with Crippen LogP contribution in [0.15, 0.2) is 188 Å². The van der Waals surface area contributed by atoms with Gasteiger partial charge in [0.15, 0.2) is 0 Å². The summed E-state index contributed by atoms with van der Waals surface area (Å²) in [6, 6.07) is 53.8. The maximum atomic E-state index is 9.38. The topological polar surface area (TPSA) is 38.5 Å². The molecule has 0 aliphatic carbocycles. The molecule has 0 fully saturated rings. The summed E-state index contributed by atoms with van der Waals surface area (Å²) in [4.78, 5) is 9.50. The van der Waals surface area contributed by atoms with Crippen molar-refractivity contribution in [2.24, 2.45) is 0 Å². The quantitative estimate of drug-likeness (QED) is 0.156. The third-order valence-electron chi connectivity index (χ3n) is 13.4. The first-order chi connectivity index (χ1) is 36.8. The van der Waals surface area contributed by atoms with E-state index in [2.05, 4.69) is 71.0 Å². The van der Waals surface area contributed by atoms with E-state index >= 15 is 0 Å². The molecule has 6 nitrogen and oxygen atoms in total. The summed E-state index contributed by atoms with van der Waals surface area (Å²) in [5.74, 6) is 0.638. The van der Waals surface area contributed by atoms with Gasteiger partial charge in [0.1, 0.15) is 0 Å². The van der Waals surface area contributed by atoms with Gasteiger partial charge >= 0.3 is 347 Å². The predicted octanol–water partition coefficient (Wildman–Crippen LogP) is 14.6. The van der Waals surface area contributed by atoms with Gasteiger partial charge in [-0.3, -0.25) is 0 Å². The fraction of sp³-hybridized carbons (Fsp3) is 0.100. The Morgan fingerprint density at radius 2 is 1.26 bits per heavy atom. The molecule has 0 saturated carbocycles. The van der Waals surface area contributed by atoms with Gasteiger partial charge < -0.3 is 0 Å². The van der Waals surface area contributed by atoms with Crippen molar-refractivity contribution in [3.63, 3.8) is 0 Å². The molecule has 3 aliphatic rings. The van der Waals surface area contributed by atoms with Crippen LogP contribution in [0.4, 0.5) is 22.9 Å². The van der Waals surface area contributed by atoms with E-state index in [-0.39, 0.29) is 46.3 Å². The SMILES string of the molecule is [2H]c1c([2H])c2c3c(c1[2H])-c1ccc(Oc4cc(-n5[c](=[Pt])n(-c6c(-c7ccccc7)cc(C([2H])([2H])[2H])cc6-c6cccc(C(C)(C)C)c6)c6ccccc65)ccc4C([2H])([2H])[2H])nc1N1B3N(c3ccccc3-2)c2ccccc21. The number of pyridine rings is 1. The molecule has 0 radical (unpaired) electrons. The van der Waals surface area contributed by atoms with Crippen LogP contribution < -0.4 is 19.8 Å². The van der Waals surface area contributed by atoms with Crippen LogP contribution in [0.1, 0.15) is 49.8 Å². The Morgan fingerprint density at radius 3 is 2.03 bits per heavy atom. The van der Waals surface area contributed by atoms with Crippen LogP contribution in [0.5, 0.6) is 11.6 Å². The summed E-state index contributed by atoms with van der Waals surface area (Å²) in [7, 11) is 0. The number of imidazole rings is 1. The molecule has 8 heteroatoms. The number of hydrogen-bond donors (Lipinski definition) is 0. The second-order valence-electron chi connectivity index (χ2n) is 18.5. The number of anilines is 4. The Hall–Kier alpha value is -7.47. The fourth-order valence-corrected chi connectivity index (χ4v) is 11.5. The van der Waals surface area contributed by atoms with Crippen LogP contribution in [0.2, 0.25) is 0 Å². The Bertz CT molecular complexity index is 4200. The predicted molar refractivity (Wildman–Crippen MR) is 276 cm³/mol. The standard InChI is InChI=1S/C60H46BN5O.Pt/c1-38-33-48(40-17-7-6-8-18-40)58(49(34-38)41-19-15-20-42(35-41)60(3,4)5)64-37-63(51-25-11-12-26-52(51)64)43-30-29-39(2)55(36-43)67-56-32-31-47-46-23-16-22-45-44-21-9-10-24-50(44)65-53-27-13-14-28-54(53)66(59(47)62-56)61(65)57(45)46;/h6-36H,1-5H3;/i1D3,2D3,16D,22D,23D;. The number of ether oxygens (including phenoxy) is 1. The summed E-state index contributed by atoms with van der Waals surface area (Å²) in [6.07, 6.45) is 0. The third-order valence-corrected chi connectivity index (χ3v) is 14.5. The molecule has 0 unspecified atom stereocenters. The van der Waals surface area contributed by atoms with E-state index in [1.165, 1.54) is 0 Å². The number of aromatic nitrogens is 3. The first-order valence-corrected chi connectivity index (χ1v) is 23.7. The Kier molecular flexibility index (Phi) is 7.25. The van der Waals surface area contributed by atoms with Crippen LogP contribution in [0, 0.1) is 17.5 Å². The van der Waals surface area contributed by atoms with Crippen molar-refractivity contribution in [2.75, 3.05) is 9.62 Å². The van der Waals surface area contributed by atoms with Crippen LogP contribution in [-0.4, -0.2) is 21.1 Å². The zero-order chi connectivity index (χ0) is 53.6. The molecule has 0 atom stereocenters. The van der Waals surface area contributed by atoms with Gasteiger partial charge in [-0.25, -0.2) is 0 Å². The average molecular weight is 1070 g/mol. The van der Waals surface area contributed by atoms with Gasteiger partial charge in [0.25, 0.3) is 0 Å². The average Bonchev–Trinajstić information content (AvgIpc) is 3.84. The molecule has 0 saturated heterocycles. The van der Waals surface area contributed by atoms with E-state index in [4.69, 9.17) is 19.3 Å². The van der Waals surface area contributed by atoms with Crippen LogP contribution in [-0.2, 0) is 24.8 Å². The Labute approximate surface area is 420 Å². The van der Waals surface area contributed by atoms with Gasteiger partial charge in [-0.15, -0.1) is 0 Å². The molecular weight excluding hydrogens is 1010 g/mol. The number of hydrogen-bond acceptors (Lipinski definition) is 4. The molecule has 330 valence electrons. The Morgan fingerprint density at radius 1 is 0.588 bits per heavy atom. The van der Waals surface area contributed by atoms with Crippen molar-refractivity contribution >= 4 is 46.4 Å². The van der Waals surface area contributed by atoms with E-state index in [0.29, 0.717) is 28.2 Å². The summed E-state index contributed by atoms with van der Waals surface area (Å²) in [6.45, 7) is 0.909. The first-order valence-electron chi connectivity index (χ1n) is 27.1. The minimum atomic E-state index is -2.60. The van der Waals surface area contributed by atoms with Crippen molar-refractivity contribution in [3.8, 4) is 67.5 Å². The number of para-hydroxylation sites is 5. The molecule has 0 bridgehead atoms. The summed E-state index contributed by atoms with van der Waals surface area (Å²) >= 11 is 2.31. The van der Waals surface area contributed by atoms with Gasteiger partial charge in [0.05, 0.1) is 4.11 Å². The second-order valence-corrected chi connectivity index (χ2v) is 19.5. The van der Waals surface area contributed by atoms with Crippen molar-refractivity contribution in [1.82, 2.24) is 14.1 Å². The van der Waals surface area contributed by atoms with Crippen molar-refractivity contribution in [1.29, 1.82) is 0 Å². The fourth-order valence-electron chi connectivity index (χ4n) is 10.4. The molecule has 10 aromatic rings. The number of rotatable bonds is 6. The summed E-state index contributed by atoms with van der Waals surface area (Å²) < 4.78 is 91.7. The molecule has 0 amide bonds. The summed E-state index contributed by atoms with van der Waals surface area (Å²) in [5, 5.41) is 0. The molecule has 0 N–H and O–H groups in total. The molecule has 2 aromatic heterocycles. The van der Waals surface area contributed by atoms with Gasteiger partial charge in [0.2, 0.25) is 0 Å². The van der Waals surface area contributed by atoms with Gasteiger partial charge in [-0.1, -0.05) is 42.4 Å². The van der Waals surface area contributed by atoms with Crippen LogP contribution >= 0.6 is 0 Å². The number of aryl methyl sites for hydroxylation is 2. The first kappa shape index (κ1) is 32.3. The number of fused-ring (bicyclic) bond motifs is 10. The monoisotopic (exact) mass is 1070 g/mol. The van der Waals surface area contributed by atoms with Crippen molar-refractivity contribution < 1.29 is 36.4 Å². The third kappa shape index (κ3) is 6.15. The maximum absolute atomic E-state index is 9.38. The van der Waals surface area contributed by atoms with E-state index in [9.17, 15) is 2.74 Å². The molecule has 0 spiro atoms. The molecule has 68 heavy (non-hydrogen) atoms. The van der Waals surface area contributed by atoms with Crippen molar-refractivity contribution in [2.45, 2.75) is 39.9 Å². The number of benzene rings is 8.